The van der Waals surface area contributed by atoms with E-state index < -0.39 is 5.97 Å². The highest BCUT2D eigenvalue weighted by atomic mass is 16.6. The fourth-order valence-electron chi connectivity index (χ4n) is 3.17. The van der Waals surface area contributed by atoms with E-state index in [0.29, 0.717) is 67.2 Å². The van der Waals surface area contributed by atoms with Crippen molar-refractivity contribution < 1.29 is 38.4 Å². The lowest BCUT2D eigenvalue weighted by Gasteiger charge is -2.21. The summed E-state index contributed by atoms with van der Waals surface area (Å²) in [6.07, 6.45) is 0. The Balaban J connectivity index is 0.000000172. The second-order valence-corrected chi connectivity index (χ2v) is 6.55. The summed E-state index contributed by atoms with van der Waals surface area (Å²) in [6, 6.07) is 6.62. The third-order valence-electron chi connectivity index (χ3n) is 4.64. The highest BCUT2D eigenvalue weighted by Crippen LogP contribution is 2.36. The molecule has 0 saturated heterocycles. The molecule has 0 aromatic heterocycles. The maximum atomic E-state index is 11.6. The molecule has 0 radical (unpaired) electrons. The third kappa shape index (κ3) is 4.42. The molecule has 0 amide bonds. The van der Waals surface area contributed by atoms with Gasteiger partial charge in [0.1, 0.15) is 26.4 Å². The maximum Gasteiger partial charge on any atom is 0.338 e. The van der Waals surface area contributed by atoms with E-state index >= 15 is 0 Å². The molecule has 0 unspecified atom stereocenters. The van der Waals surface area contributed by atoms with Gasteiger partial charge in [-0.1, -0.05) is 0 Å². The van der Waals surface area contributed by atoms with Gasteiger partial charge in [0.25, 0.3) is 0 Å². The second-order valence-electron chi connectivity index (χ2n) is 6.55. The van der Waals surface area contributed by atoms with E-state index in [2.05, 4.69) is 0 Å². The van der Waals surface area contributed by atoms with Crippen molar-refractivity contribution in [2.75, 3.05) is 33.0 Å². The molecular formula is C22H24O8. The predicted molar refractivity (Wildman–Crippen MR) is 107 cm³/mol. The number of hydrogen-bond donors (Lipinski definition) is 1. The highest BCUT2D eigenvalue weighted by Gasteiger charge is 2.21. The van der Waals surface area contributed by atoms with Crippen LogP contribution in [0.5, 0.6) is 23.0 Å². The van der Waals surface area contributed by atoms with Crippen molar-refractivity contribution in [1.29, 1.82) is 0 Å². The number of carboxylic acid groups (broad SMARTS) is 1. The number of rotatable bonds is 3. The van der Waals surface area contributed by atoms with Gasteiger partial charge in [0.2, 0.25) is 0 Å². The summed E-state index contributed by atoms with van der Waals surface area (Å²) < 4.78 is 26.6. The van der Waals surface area contributed by atoms with Crippen LogP contribution in [0.2, 0.25) is 0 Å². The van der Waals surface area contributed by atoms with Crippen molar-refractivity contribution >= 4 is 11.9 Å². The van der Waals surface area contributed by atoms with Crippen LogP contribution in [0.1, 0.15) is 38.8 Å². The van der Waals surface area contributed by atoms with E-state index in [1.54, 1.807) is 32.0 Å². The Morgan fingerprint density at radius 3 is 1.80 bits per heavy atom. The molecule has 8 heteroatoms. The lowest BCUT2D eigenvalue weighted by Crippen LogP contribution is -2.17. The molecule has 2 aliphatic rings. The molecule has 4 rings (SSSR count). The van der Waals surface area contributed by atoms with E-state index in [0.717, 1.165) is 5.56 Å². The Hall–Kier alpha value is -3.42. The predicted octanol–water partition coefficient (Wildman–Crippen LogP) is 3.41. The average Bonchev–Trinajstić information content (AvgIpc) is 2.75. The number of ether oxygens (including phenoxy) is 5. The third-order valence-corrected chi connectivity index (χ3v) is 4.64. The van der Waals surface area contributed by atoms with Crippen molar-refractivity contribution in [3.05, 3.63) is 46.5 Å². The number of carboxylic acids is 1. The van der Waals surface area contributed by atoms with E-state index in [4.69, 9.17) is 28.8 Å². The van der Waals surface area contributed by atoms with Gasteiger partial charge in [-0.2, -0.15) is 0 Å². The number of carbonyl (C=O) groups is 2. The van der Waals surface area contributed by atoms with Crippen LogP contribution in [0.25, 0.3) is 0 Å². The van der Waals surface area contributed by atoms with Crippen molar-refractivity contribution in [2.45, 2.75) is 20.8 Å². The number of hydrogen-bond acceptors (Lipinski definition) is 7. The molecule has 2 aromatic carbocycles. The average molecular weight is 416 g/mol. The van der Waals surface area contributed by atoms with Crippen LogP contribution in [0.3, 0.4) is 0 Å². The zero-order chi connectivity index (χ0) is 21.7. The van der Waals surface area contributed by atoms with E-state index in [1.807, 2.05) is 6.92 Å². The van der Waals surface area contributed by atoms with E-state index in [9.17, 15) is 9.59 Å². The molecule has 30 heavy (non-hydrogen) atoms. The number of benzene rings is 2. The molecule has 0 saturated carbocycles. The summed E-state index contributed by atoms with van der Waals surface area (Å²) in [4.78, 5) is 22.4. The SMILES string of the molecule is CCOC(=O)c1ccc2c(c1C)OCCO2.Cc1c(C(=O)O)ccc2c1OCCO2. The normalized spacial score (nSPS) is 13.6. The summed E-state index contributed by atoms with van der Waals surface area (Å²) in [5, 5.41) is 8.87. The quantitative estimate of drug-likeness (QED) is 0.760. The van der Waals surface area contributed by atoms with Crippen molar-refractivity contribution in [1.82, 2.24) is 0 Å². The van der Waals surface area contributed by atoms with Gasteiger partial charge in [-0.15, -0.1) is 0 Å². The minimum absolute atomic E-state index is 0.259. The van der Waals surface area contributed by atoms with Crippen LogP contribution in [-0.2, 0) is 4.74 Å². The minimum Gasteiger partial charge on any atom is -0.486 e. The topological polar surface area (TPSA) is 101 Å². The summed E-state index contributed by atoms with van der Waals surface area (Å²) in [5.74, 6) is 1.25. The summed E-state index contributed by atoms with van der Waals surface area (Å²) in [5.41, 5.74) is 2.19. The van der Waals surface area contributed by atoms with Gasteiger partial charge < -0.3 is 28.8 Å². The molecule has 8 nitrogen and oxygen atoms in total. The van der Waals surface area contributed by atoms with Gasteiger partial charge in [-0.05, 0) is 45.0 Å². The van der Waals surface area contributed by atoms with E-state index in [-0.39, 0.29) is 11.5 Å². The Kier molecular flexibility index (Phi) is 6.66. The smallest absolute Gasteiger partial charge is 0.338 e. The number of esters is 1. The molecule has 0 aliphatic carbocycles. The largest absolute Gasteiger partial charge is 0.486 e. The highest BCUT2D eigenvalue weighted by molar-refractivity contribution is 5.92. The Labute approximate surface area is 174 Å². The molecule has 2 aromatic rings. The molecular weight excluding hydrogens is 392 g/mol. The van der Waals surface area contributed by atoms with Crippen LogP contribution >= 0.6 is 0 Å². The van der Waals surface area contributed by atoms with Crippen LogP contribution < -0.4 is 18.9 Å². The Morgan fingerprint density at radius 1 is 0.833 bits per heavy atom. The molecule has 0 atom stereocenters. The first-order valence-electron chi connectivity index (χ1n) is 9.62. The lowest BCUT2D eigenvalue weighted by molar-refractivity contribution is 0.0523. The monoisotopic (exact) mass is 416 g/mol. The van der Waals surface area contributed by atoms with Gasteiger partial charge in [0.05, 0.1) is 17.7 Å². The second kappa shape index (κ2) is 9.39. The van der Waals surface area contributed by atoms with Gasteiger partial charge in [0, 0.05) is 11.1 Å². The lowest BCUT2D eigenvalue weighted by atomic mass is 10.1. The number of carbonyl (C=O) groups excluding carboxylic acids is 1. The fourth-order valence-corrected chi connectivity index (χ4v) is 3.17. The molecule has 0 bridgehead atoms. The molecule has 2 aliphatic heterocycles. The first-order valence-corrected chi connectivity index (χ1v) is 9.62. The van der Waals surface area contributed by atoms with Crippen molar-refractivity contribution in [3.8, 4) is 23.0 Å². The molecule has 0 fully saturated rings. The van der Waals surface area contributed by atoms with Crippen LogP contribution in [0, 0.1) is 13.8 Å². The number of fused-ring (bicyclic) bond motifs is 2. The first-order chi connectivity index (χ1) is 14.4. The first kappa shape index (κ1) is 21.3. The van der Waals surface area contributed by atoms with E-state index in [1.165, 1.54) is 6.07 Å². The van der Waals surface area contributed by atoms with Crippen molar-refractivity contribution in [2.24, 2.45) is 0 Å². The Bertz CT molecular complexity index is 951. The minimum atomic E-state index is -0.945. The number of aromatic carboxylic acids is 1. The van der Waals surface area contributed by atoms with Gasteiger partial charge in [-0.25, -0.2) is 9.59 Å². The summed E-state index contributed by atoms with van der Waals surface area (Å²) >= 11 is 0. The van der Waals surface area contributed by atoms with Crippen LogP contribution in [-0.4, -0.2) is 50.1 Å². The van der Waals surface area contributed by atoms with Crippen molar-refractivity contribution in [3.63, 3.8) is 0 Å². The molecule has 2 heterocycles. The molecule has 160 valence electrons. The summed E-state index contributed by atoms with van der Waals surface area (Å²) in [7, 11) is 0. The maximum absolute atomic E-state index is 11.6. The zero-order valence-electron chi connectivity index (χ0n) is 17.1. The molecule has 1 N–H and O–H groups in total. The Morgan fingerprint density at radius 2 is 1.30 bits per heavy atom. The zero-order valence-corrected chi connectivity index (χ0v) is 17.1. The van der Waals surface area contributed by atoms with Gasteiger partial charge >= 0.3 is 11.9 Å². The van der Waals surface area contributed by atoms with Crippen LogP contribution in [0.15, 0.2) is 24.3 Å². The standard InChI is InChI=1S/C12H14O4.C10H10O4/c1-3-14-12(13)9-4-5-10-11(8(9)2)16-7-6-15-10;1-6-7(10(11)12)2-3-8-9(6)14-5-4-13-8/h4-5H,3,6-7H2,1-2H3;2-3H,4-5H2,1H3,(H,11,12). The summed E-state index contributed by atoms with van der Waals surface area (Å²) in [6.45, 7) is 7.75. The van der Waals surface area contributed by atoms with Gasteiger partial charge in [-0.3, -0.25) is 0 Å². The van der Waals surface area contributed by atoms with Crippen LogP contribution in [0.4, 0.5) is 0 Å². The van der Waals surface area contributed by atoms with Gasteiger partial charge in [0.15, 0.2) is 23.0 Å². The molecule has 0 spiro atoms. The fraction of sp³-hybridized carbons (Fsp3) is 0.364.